The number of aldehydes is 1. The molecule has 0 atom stereocenters. The molecular weight excluding hydrogens is 182 g/mol. The standard InChI is InChI=1S/C7H8ClNOS/c1-9(4-5-10)7-3-2-6(8)11-7/h2-3,5H,4H2,1H3. The quantitative estimate of drug-likeness (QED) is 0.679. The zero-order valence-electron chi connectivity index (χ0n) is 6.08. The van der Waals surface area contributed by atoms with E-state index in [1.165, 1.54) is 11.3 Å². The number of rotatable bonds is 3. The Hall–Kier alpha value is -0.540. The predicted molar refractivity (Wildman–Crippen MR) is 48.7 cm³/mol. The van der Waals surface area contributed by atoms with Gasteiger partial charge in [-0.25, -0.2) is 0 Å². The highest BCUT2D eigenvalue weighted by Gasteiger charge is 2.01. The molecule has 2 nitrogen and oxygen atoms in total. The van der Waals surface area contributed by atoms with Gasteiger partial charge < -0.3 is 9.69 Å². The summed E-state index contributed by atoms with van der Waals surface area (Å²) in [6.07, 6.45) is 0.869. The number of halogens is 1. The fraction of sp³-hybridized carbons (Fsp3) is 0.286. The summed E-state index contributed by atoms with van der Waals surface area (Å²) >= 11 is 7.18. The van der Waals surface area contributed by atoms with E-state index in [9.17, 15) is 4.79 Å². The number of hydrogen-bond acceptors (Lipinski definition) is 3. The highest BCUT2D eigenvalue weighted by Crippen LogP contribution is 2.28. The van der Waals surface area contributed by atoms with Crippen LogP contribution in [0.3, 0.4) is 0 Å². The number of carbonyl (C=O) groups excluding carboxylic acids is 1. The first kappa shape index (κ1) is 8.56. The zero-order valence-corrected chi connectivity index (χ0v) is 7.65. The van der Waals surface area contributed by atoms with Crippen LogP contribution in [-0.2, 0) is 4.79 Å². The highest BCUT2D eigenvalue weighted by molar-refractivity contribution is 7.19. The topological polar surface area (TPSA) is 20.3 Å². The van der Waals surface area contributed by atoms with Crippen molar-refractivity contribution in [3.8, 4) is 0 Å². The predicted octanol–water partition coefficient (Wildman–Crippen LogP) is 2.04. The van der Waals surface area contributed by atoms with Gasteiger partial charge in [0.2, 0.25) is 0 Å². The molecule has 1 aromatic heterocycles. The molecule has 0 spiro atoms. The second-order valence-corrected chi connectivity index (χ2v) is 3.82. The van der Waals surface area contributed by atoms with E-state index in [2.05, 4.69) is 0 Å². The molecule has 0 radical (unpaired) electrons. The van der Waals surface area contributed by atoms with E-state index < -0.39 is 0 Å². The second kappa shape index (κ2) is 3.74. The summed E-state index contributed by atoms with van der Waals surface area (Å²) < 4.78 is 0.748. The third kappa shape index (κ3) is 2.20. The van der Waals surface area contributed by atoms with E-state index in [-0.39, 0.29) is 0 Å². The fourth-order valence-corrected chi connectivity index (χ4v) is 1.71. The van der Waals surface area contributed by atoms with E-state index >= 15 is 0 Å². The van der Waals surface area contributed by atoms with Gasteiger partial charge >= 0.3 is 0 Å². The average Bonchev–Trinajstić information content (AvgIpc) is 2.36. The van der Waals surface area contributed by atoms with Crippen molar-refractivity contribution in [3.05, 3.63) is 16.5 Å². The van der Waals surface area contributed by atoms with Crippen molar-refractivity contribution in [2.45, 2.75) is 0 Å². The number of likely N-dealkylation sites (N-methyl/N-ethyl adjacent to an activating group) is 1. The van der Waals surface area contributed by atoms with Crippen LogP contribution in [0.4, 0.5) is 5.00 Å². The molecule has 0 unspecified atom stereocenters. The van der Waals surface area contributed by atoms with Crippen molar-refractivity contribution < 1.29 is 4.79 Å². The summed E-state index contributed by atoms with van der Waals surface area (Å²) in [6.45, 7) is 0.414. The average molecular weight is 190 g/mol. The molecule has 60 valence electrons. The van der Waals surface area contributed by atoms with Gasteiger partial charge in [0.15, 0.2) is 0 Å². The maximum Gasteiger partial charge on any atom is 0.139 e. The molecule has 0 aliphatic carbocycles. The number of nitrogens with zero attached hydrogens (tertiary/aromatic N) is 1. The van der Waals surface area contributed by atoms with Gasteiger partial charge in [-0.3, -0.25) is 0 Å². The van der Waals surface area contributed by atoms with Gasteiger partial charge in [0, 0.05) is 7.05 Å². The molecular formula is C7H8ClNOS. The molecule has 4 heteroatoms. The number of thiophene rings is 1. The lowest BCUT2D eigenvalue weighted by Gasteiger charge is -2.11. The van der Waals surface area contributed by atoms with Crippen LogP contribution in [0.15, 0.2) is 12.1 Å². The number of carbonyl (C=O) groups is 1. The smallest absolute Gasteiger partial charge is 0.139 e. The summed E-state index contributed by atoms with van der Waals surface area (Å²) in [5.74, 6) is 0. The lowest BCUT2D eigenvalue weighted by molar-refractivity contribution is -0.106. The number of hydrogen-bond donors (Lipinski definition) is 0. The highest BCUT2D eigenvalue weighted by atomic mass is 35.5. The van der Waals surface area contributed by atoms with Crippen molar-refractivity contribution >= 4 is 34.2 Å². The normalized spacial score (nSPS) is 9.64. The van der Waals surface area contributed by atoms with Crippen LogP contribution >= 0.6 is 22.9 Å². The van der Waals surface area contributed by atoms with Crippen LogP contribution < -0.4 is 4.90 Å². The van der Waals surface area contributed by atoms with Crippen LogP contribution in [0, 0.1) is 0 Å². The third-order valence-electron chi connectivity index (χ3n) is 1.28. The Bertz CT molecular complexity index is 248. The van der Waals surface area contributed by atoms with Gasteiger partial charge in [-0.05, 0) is 12.1 Å². The third-order valence-corrected chi connectivity index (χ3v) is 2.63. The summed E-state index contributed by atoms with van der Waals surface area (Å²) in [7, 11) is 1.86. The minimum Gasteiger partial charge on any atom is -0.359 e. The first-order chi connectivity index (χ1) is 5.24. The summed E-state index contributed by atoms with van der Waals surface area (Å²) in [5, 5.41) is 1.02. The first-order valence-corrected chi connectivity index (χ1v) is 4.33. The molecule has 0 N–H and O–H groups in total. The van der Waals surface area contributed by atoms with Gasteiger partial charge in [-0.1, -0.05) is 11.6 Å². The van der Waals surface area contributed by atoms with Crippen molar-refractivity contribution in [1.82, 2.24) is 0 Å². The van der Waals surface area contributed by atoms with Gasteiger partial charge in [-0.15, -0.1) is 11.3 Å². The van der Waals surface area contributed by atoms with E-state index in [0.717, 1.165) is 15.6 Å². The van der Waals surface area contributed by atoms with Crippen molar-refractivity contribution in [2.24, 2.45) is 0 Å². The van der Waals surface area contributed by atoms with E-state index in [0.29, 0.717) is 6.54 Å². The Morgan fingerprint density at radius 2 is 2.45 bits per heavy atom. The Kier molecular flexibility index (Phi) is 2.91. The molecule has 1 aromatic rings. The Morgan fingerprint density at radius 3 is 2.91 bits per heavy atom. The fourth-order valence-electron chi connectivity index (χ4n) is 0.712. The van der Waals surface area contributed by atoms with Crippen LogP contribution in [0.5, 0.6) is 0 Å². The first-order valence-electron chi connectivity index (χ1n) is 3.14. The Morgan fingerprint density at radius 1 is 1.73 bits per heavy atom. The molecule has 0 aliphatic rings. The van der Waals surface area contributed by atoms with Crippen LogP contribution in [0.1, 0.15) is 0 Å². The Balaban J connectivity index is 2.67. The van der Waals surface area contributed by atoms with Crippen LogP contribution in [-0.4, -0.2) is 19.9 Å². The molecule has 11 heavy (non-hydrogen) atoms. The monoisotopic (exact) mass is 189 g/mol. The molecule has 1 heterocycles. The summed E-state index contributed by atoms with van der Waals surface area (Å²) in [6, 6.07) is 3.72. The second-order valence-electron chi connectivity index (χ2n) is 2.12. The molecule has 0 bridgehead atoms. The van der Waals surface area contributed by atoms with Crippen molar-refractivity contribution in [3.63, 3.8) is 0 Å². The zero-order chi connectivity index (χ0) is 8.27. The molecule has 1 rings (SSSR count). The molecule has 0 amide bonds. The van der Waals surface area contributed by atoms with Gasteiger partial charge in [0.25, 0.3) is 0 Å². The lowest BCUT2D eigenvalue weighted by atomic mass is 10.5. The minimum absolute atomic E-state index is 0.414. The van der Waals surface area contributed by atoms with E-state index in [1.54, 1.807) is 0 Å². The van der Waals surface area contributed by atoms with E-state index in [1.807, 2.05) is 24.1 Å². The van der Waals surface area contributed by atoms with Gasteiger partial charge in [0.05, 0.1) is 15.9 Å². The van der Waals surface area contributed by atoms with Crippen molar-refractivity contribution in [2.75, 3.05) is 18.5 Å². The maximum absolute atomic E-state index is 10.1. The largest absolute Gasteiger partial charge is 0.359 e. The summed E-state index contributed by atoms with van der Waals surface area (Å²) in [5.41, 5.74) is 0. The lowest BCUT2D eigenvalue weighted by Crippen LogP contribution is -2.17. The maximum atomic E-state index is 10.1. The van der Waals surface area contributed by atoms with E-state index in [4.69, 9.17) is 11.6 Å². The molecule has 0 saturated heterocycles. The van der Waals surface area contributed by atoms with Gasteiger partial charge in [0.1, 0.15) is 6.29 Å². The van der Waals surface area contributed by atoms with Gasteiger partial charge in [-0.2, -0.15) is 0 Å². The number of anilines is 1. The molecule has 0 saturated carbocycles. The molecule has 0 fully saturated rings. The molecule has 0 aromatic carbocycles. The Labute approximate surface area is 74.4 Å². The molecule has 0 aliphatic heterocycles. The van der Waals surface area contributed by atoms with Crippen LogP contribution in [0.2, 0.25) is 4.34 Å². The summed E-state index contributed by atoms with van der Waals surface area (Å²) in [4.78, 5) is 12.0. The minimum atomic E-state index is 0.414. The van der Waals surface area contributed by atoms with Crippen LogP contribution in [0.25, 0.3) is 0 Å². The van der Waals surface area contributed by atoms with Crippen molar-refractivity contribution in [1.29, 1.82) is 0 Å². The SMILES string of the molecule is CN(CC=O)c1ccc(Cl)s1.